The Morgan fingerprint density at radius 3 is 2.46 bits per heavy atom. The maximum Gasteiger partial charge on any atom is 0.232 e. The van der Waals surface area contributed by atoms with Gasteiger partial charge in [0.05, 0.1) is 6.10 Å². The molecule has 3 nitrogen and oxygen atoms in total. The molecule has 0 saturated heterocycles. The summed E-state index contributed by atoms with van der Waals surface area (Å²) in [7, 11) is -2.85. The molecule has 1 saturated carbocycles. The number of unbranched alkanes of at least 4 members (excludes halogenated alkanes) is 3. The van der Waals surface area contributed by atoms with E-state index in [-0.39, 0.29) is 12.7 Å². The summed E-state index contributed by atoms with van der Waals surface area (Å²) in [4.78, 5) is 0. The molecule has 1 aromatic carbocycles. The Balaban J connectivity index is 2.13. The number of rotatable bonds is 10. The lowest BCUT2D eigenvalue weighted by Crippen LogP contribution is -2.34. The van der Waals surface area contributed by atoms with Crippen molar-refractivity contribution in [2.75, 3.05) is 12.8 Å². The van der Waals surface area contributed by atoms with Crippen molar-refractivity contribution in [3.8, 4) is 0 Å². The second-order valence-electron chi connectivity index (χ2n) is 8.34. The van der Waals surface area contributed by atoms with Crippen LogP contribution >= 0.6 is 7.37 Å². The third-order valence-electron chi connectivity index (χ3n) is 5.78. The highest BCUT2D eigenvalue weighted by Gasteiger charge is 2.37. The first kappa shape index (κ1) is 21.7. The maximum absolute atomic E-state index is 13.9. The minimum absolute atomic E-state index is 0.0993. The van der Waals surface area contributed by atoms with E-state index in [0.29, 0.717) is 23.9 Å². The first-order valence-electron chi connectivity index (χ1n) is 10.4. The Morgan fingerprint density at radius 2 is 1.81 bits per heavy atom. The quantitative estimate of drug-likeness (QED) is 0.423. The highest BCUT2D eigenvalue weighted by molar-refractivity contribution is 7.67. The predicted octanol–water partition coefficient (Wildman–Crippen LogP) is 5.62. The molecule has 1 aliphatic rings. The highest BCUT2D eigenvalue weighted by Crippen LogP contribution is 2.51. The molecule has 0 aromatic heterocycles. The third kappa shape index (κ3) is 6.22. The predicted molar refractivity (Wildman–Crippen MR) is 110 cm³/mol. The van der Waals surface area contributed by atoms with Gasteiger partial charge in [0.1, 0.15) is 0 Å². The van der Waals surface area contributed by atoms with Crippen molar-refractivity contribution in [2.45, 2.75) is 71.8 Å². The van der Waals surface area contributed by atoms with E-state index in [2.05, 4.69) is 20.8 Å². The second-order valence-corrected chi connectivity index (χ2v) is 10.9. The van der Waals surface area contributed by atoms with E-state index >= 15 is 0 Å². The summed E-state index contributed by atoms with van der Waals surface area (Å²) in [6.45, 7) is 7.05. The van der Waals surface area contributed by atoms with Crippen LogP contribution in [0.5, 0.6) is 0 Å². The molecule has 4 atom stereocenters. The van der Waals surface area contributed by atoms with Crippen LogP contribution in [0.3, 0.4) is 0 Å². The van der Waals surface area contributed by atoms with E-state index in [1.807, 2.05) is 30.3 Å². The van der Waals surface area contributed by atoms with Crippen LogP contribution in [0.4, 0.5) is 0 Å². The summed E-state index contributed by atoms with van der Waals surface area (Å²) in [5, 5.41) is 9.81. The average molecular weight is 381 g/mol. The van der Waals surface area contributed by atoms with Crippen LogP contribution in [0.25, 0.3) is 0 Å². The van der Waals surface area contributed by atoms with Crippen molar-refractivity contribution >= 4 is 12.7 Å². The van der Waals surface area contributed by atoms with Crippen LogP contribution in [0.2, 0.25) is 0 Å². The first-order valence-corrected chi connectivity index (χ1v) is 12.2. The molecule has 0 heterocycles. The fourth-order valence-electron chi connectivity index (χ4n) is 4.14. The van der Waals surface area contributed by atoms with Gasteiger partial charge in [-0.1, -0.05) is 58.2 Å². The van der Waals surface area contributed by atoms with Crippen molar-refractivity contribution in [2.24, 2.45) is 17.8 Å². The summed E-state index contributed by atoms with van der Waals surface area (Å²) < 4.78 is 20.4. The molecule has 0 unspecified atom stereocenters. The van der Waals surface area contributed by atoms with E-state index in [4.69, 9.17) is 9.63 Å². The van der Waals surface area contributed by atoms with E-state index in [0.717, 1.165) is 37.4 Å². The zero-order valence-corrected chi connectivity index (χ0v) is 17.7. The summed E-state index contributed by atoms with van der Waals surface area (Å²) in [5.74, 6) is 1.70. The summed E-state index contributed by atoms with van der Waals surface area (Å²) in [6.07, 6.45) is 7.85. The van der Waals surface area contributed by atoms with Gasteiger partial charge in [-0.2, -0.15) is 0 Å². The number of hydrogen-bond acceptors (Lipinski definition) is 3. The number of hydrogen-bond donors (Lipinski definition) is 1. The fourth-order valence-corrected chi connectivity index (χ4v) is 6.57. The molecule has 1 fully saturated rings. The minimum atomic E-state index is -2.85. The number of aliphatic hydroxyl groups excluding tert-OH is 1. The third-order valence-corrected chi connectivity index (χ3v) is 8.38. The van der Waals surface area contributed by atoms with Crippen LogP contribution in [-0.2, 0) is 9.09 Å². The minimum Gasteiger partial charge on any atom is -0.396 e. The Bertz CT molecular complexity index is 558. The van der Waals surface area contributed by atoms with Crippen molar-refractivity contribution in [3.63, 3.8) is 0 Å². The molecular weight excluding hydrogens is 343 g/mol. The Hall–Kier alpha value is -0.630. The SMILES string of the molecule is CC(C)[C@@H]1CC[C@@H](C)C[C@H]1O[P@@](=O)(CCCCCCO)c1ccccc1. The van der Waals surface area contributed by atoms with Gasteiger partial charge in [-0.25, -0.2) is 0 Å². The fraction of sp³-hybridized carbons (Fsp3) is 0.727. The van der Waals surface area contributed by atoms with Crippen molar-refractivity contribution < 1.29 is 14.2 Å². The Labute approximate surface area is 160 Å². The normalized spacial score (nSPS) is 26.0. The Morgan fingerprint density at radius 1 is 1.12 bits per heavy atom. The van der Waals surface area contributed by atoms with Gasteiger partial charge < -0.3 is 9.63 Å². The summed E-state index contributed by atoms with van der Waals surface area (Å²) >= 11 is 0. The van der Waals surface area contributed by atoms with Gasteiger partial charge in [-0.3, -0.25) is 4.57 Å². The number of benzene rings is 1. The smallest absolute Gasteiger partial charge is 0.232 e. The summed E-state index contributed by atoms with van der Waals surface area (Å²) in [6, 6.07) is 9.81. The summed E-state index contributed by atoms with van der Waals surface area (Å²) in [5.41, 5.74) is 0. The van der Waals surface area contributed by atoms with Gasteiger partial charge in [0.2, 0.25) is 7.37 Å². The molecular formula is C22H37O3P. The molecule has 0 spiro atoms. The molecule has 0 amide bonds. The zero-order valence-electron chi connectivity index (χ0n) is 16.8. The topological polar surface area (TPSA) is 46.5 Å². The number of aliphatic hydroxyl groups is 1. The van der Waals surface area contributed by atoms with Gasteiger partial charge in [-0.05, 0) is 55.6 Å². The highest BCUT2D eigenvalue weighted by atomic mass is 31.2. The second kappa shape index (κ2) is 10.6. The van der Waals surface area contributed by atoms with E-state index in [9.17, 15) is 4.57 Å². The van der Waals surface area contributed by atoms with Crippen LogP contribution < -0.4 is 5.30 Å². The molecule has 26 heavy (non-hydrogen) atoms. The lowest BCUT2D eigenvalue weighted by atomic mass is 9.75. The van der Waals surface area contributed by atoms with E-state index in [1.165, 1.54) is 12.8 Å². The standard InChI is InChI=1S/C22H37O3P/c1-18(2)21-14-13-19(3)17-22(21)25-26(24,16-10-5-4-9-15-23)20-11-7-6-8-12-20/h6-8,11-12,18-19,21-23H,4-5,9-10,13-17H2,1-3H3/t19-,21+,22-,26+/m1/s1. The van der Waals surface area contributed by atoms with Crippen molar-refractivity contribution in [1.29, 1.82) is 0 Å². The molecule has 1 N–H and O–H groups in total. The lowest BCUT2D eigenvalue weighted by Gasteiger charge is -2.39. The molecule has 1 aliphatic carbocycles. The average Bonchev–Trinajstić information content (AvgIpc) is 2.62. The molecule has 1 aromatic rings. The monoisotopic (exact) mass is 380 g/mol. The molecule has 4 heteroatoms. The molecule has 2 rings (SSSR count). The van der Waals surface area contributed by atoms with Gasteiger partial charge in [0.15, 0.2) is 0 Å². The van der Waals surface area contributed by atoms with E-state index < -0.39 is 7.37 Å². The first-order chi connectivity index (χ1) is 12.5. The van der Waals surface area contributed by atoms with Gasteiger partial charge in [0.25, 0.3) is 0 Å². The van der Waals surface area contributed by atoms with Gasteiger partial charge in [-0.15, -0.1) is 0 Å². The maximum atomic E-state index is 13.9. The largest absolute Gasteiger partial charge is 0.396 e. The Kier molecular flexibility index (Phi) is 8.87. The van der Waals surface area contributed by atoms with Crippen LogP contribution in [0, 0.1) is 17.8 Å². The van der Waals surface area contributed by atoms with Crippen molar-refractivity contribution in [3.05, 3.63) is 30.3 Å². The lowest BCUT2D eigenvalue weighted by molar-refractivity contribution is 0.0498. The van der Waals surface area contributed by atoms with Gasteiger partial charge in [0, 0.05) is 18.1 Å². The molecule has 0 bridgehead atoms. The van der Waals surface area contributed by atoms with Crippen LogP contribution in [0.15, 0.2) is 30.3 Å². The van der Waals surface area contributed by atoms with Crippen LogP contribution in [0.1, 0.15) is 65.7 Å². The zero-order chi connectivity index (χ0) is 19.0. The van der Waals surface area contributed by atoms with Crippen molar-refractivity contribution in [1.82, 2.24) is 0 Å². The van der Waals surface area contributed by atoms with Crippen LogP contribution in [-0.4, -0.2) is 24.0 Å². The molecule has 0 radical (unpaired) electrons. The molecule has 148 valence electrons. The molecule has 0 aliphatic heterocycles. The van der Waals surface area contributed by atoms with Gasteiger partial charge >= 0.3 is 0 Å². The van der Waals surface area contributed by atoms with E-state index in [1.54, 1.807) is 0 Å².